The van der Waals surface area contributed by atoms with Crippen LogP contribution in [-0.2, 0) is 15.0 Å². The van der Waals surface area contributed by atoms with Gasteiger partial charge in [0.05, 0.1) is 23.2 Å². The highest BCUT2D eigenvalue weighted by atomic mass is 35.5. The summed E-state index contributed by atoms with van der Waals surface area (Å²) in [5, 5.41) is 21.3. The largest absolute Gasteiger partial charge is 0.507 e. The zero-order valence-corrected chi connectivity index (χ0v) is 21.9. The summed E-state index contributed by atoms with van der Waals surface area (Å²) in [5.41, 5.74) is 0.536. The van der Waals surface area contributed by atoms with Gasteiger partial charge in [0, 0.05) is 22.9 Å². The van der Waals surface area contributed by atoms with E-state index in [1.807, 2.05) is 27.7 Å². The van der Waals surface area contributed by atoms with Crippen LogP contribution in [-0.4, -0.2) is 28.5 Å². The first-order valence-corrected chi connectivity index (χ1v) is 12.2. The molecule has 1 heterocycles. The van der Waals surface area contributed by atoms with Crippen molar-refractivity contribution in [3.63, 3.8) is 0 Å². The molecule has 0 radical (unpaired) electrons. The number of phenols is 1. The van der Waals surface area contributed by atoms with Gasteiger partial charge < -0.3 is 14.9 Å². The van der Waals surface area contributed by atoms with E-state index in [1.54, 1.807) is 18.2 Å². The number of aromatic hydroxyl groups is 1. The van der Waals surface area contributed by atoms with Crippen molar-refractivity contribution < 1.29 is 33.3 Å². The van der Waals surface area contributed by atoms with Crippen LogP contribution in [0.25, 0.3) is 5.76 Å². The number of hydrogen-bond donors (Lipinski definition) is 2. The van der Waals surface area contributed by atoms with E-state index in [-0.39, 0.29) is 38.6 Å². The Bertz CT molecular complexity index is 1480. The van der Waals surface area contributed by atoms with Crippen LogP contribution in [0.1, 0.15) is 50.4 Å². The number of nitrogens with zero attached hydrogens (tertiary/aromatic N) is 1. The van der Waals surface area contributed by atoms with Crippen LogP contribution in [0.15, 0.2) is 60.2 Å². The summed E-state index contributed by atoms with van der Waals surface area (Å²) in [6.45, 7) is 8.18. The predicted molar refractivity (Wildman–Crippen MR) is 141 cm³/mol. The molecule has 0 spiro atoms. The molecule has 9 heteroatoms. The average molecular weight is 542 g/mol. The Kier molecular flexibility index (Phi) is 7.21. The lowest BCUT2D eigenvalue weighted by Crippen LogP contribution is -2.29. The third kappa shape index (κ3) is 4.84. The highest BCUT2D eigenvalue weighted by molar-refractivity contribution is 6.51. The Morgan fingerprint density at radius 1 is 1.03 bits per heavy atom. The van der Waals surface area contributed by atoms with Crippen LogP contribution in [0.5, 0.6) is 11.5 Å². The number of anilines is 1. The molecule has 0 aromatic heterocycles. The van der Waals surface area contributed by atoms with E-state index >= 15 is 0 Å². The molecule has 3 aromatic rings. The van der Waals surface area contributed by atoms with Crippen LogP contribution in [0.4, 0.5) is 14.5 Å². The van der Waals surface area contributed by atoms with Crippen LogP contribution < -0.4 is 9.64 Å². The second kappa shape index (κ2) is 10.1. The number of aliphatic hydroxyl groups excluding tert-OH is 1. The Hall–Kier alpha value is -3.91. The zero-order valence-electron chi connectivity index (χ0n) is 21.2. The molecule has 2 N–H and O–H groups in total. The number of halogens is 3. The maximum Gasteiger partial charge on any atom is 0.300 e. The first-order valence-electron chi connectivity index (χ1n) is 11.9. The van der Waals surface area contributed by atoms with Crippen LogP contribution in [0.3, 0.4) is 0 Å². The summed E-state index contributed by atoms with van der Waals surface area (Å²) in [4.78, 5) is 27.6. The Morgan fingerprint density at radius 3 is 2.34 bits per heavy atom. The minimum absolute atomic E-state index is 0.0607. The van der Waals surface area contributed by atoms with Crippen molar-refractivity contribution in [3.8, 4) is 11.5 Å². The molecule has 4 rings (SSSR count). The maximum absolute atomic E-state index is 14.2. The quantitative estimate of drug-likeness (QED) is 0.215. The van der Waals surface area contributed by atoms with Crippen molar-refractivity contribution in [2.75, 3.05) is 11.5 Å². The number of amides is 1. The standard InChI is InChI=1S/C29H26ClF2NO5/c1-5-38-23-11-7-16(12-18(23)29(2,3)4)26(35)24-25(15-6-10-22(34)19(30)13-15)33(28(37)27(24)36)17-8-9-20(31)21(32)14-17/h6-14,25,34-35H,5H2,1-4H3/b26-24-. The van der Waals surface area contributed by atoms with E-state index in [0.717, 1.165) is 28.7 Å². The van der Waals surface area contributed by atoms with Gasteiger partial charge in [-0.05, 0) is 60.4 Å². The molecule has 1 atom stereocenters. The third-order valence-electron chi connectivity index (χ3n) is 6.27. The summed E-state index contributed by atoms with van der Waals surface area (Å²) in [6.07, 6.45) is 0. The van der Waals surface area contributed by atoms with Crippen molar-refractivity contribution in [2.45, 2.75) is 39.2 Å². The molecular formula is C29H26ClF2NO5. The van der Waals surface area contributed by atoms with E-state index < -0.39 is 35.1 Å². The fourth-order valence-corrected chi connectivity index (χ4v) is 4.63. The molecule has 1 amide bonds. The molecule has 1 aliphatic heterocycles. The normalized spacial score (nSPS) is 17.2. The molecule has 198 valence electrons. The van der Waals surface area contributed by atoms with E-state index in [4.69, 9.17) is 16.3 Å². The summed E-state index contributed by atoms with van der Waals surface area (Å²) in [5.74, 6) is -4.49. The van der Waals surface area contributed by atoms with Gasteiger partial charge in [-0.15, -0.1) is 0 Å². The van der Waals surface area contributed by atoms with E-state index in [9.17, 15) is 28.6 Å². The summed E-state index contributed by atoms with van der Waals surface area (Å²) >= 11 is 6.13. The third-order valence-corrected chi connectivity index (χ3v) is 6.58. The fourth-order valence-electron chi connectivity index (χ4n) is 4.44. The summed E-state index contributed by atoms with van der Waals surface area (Å²) in [6, 6.07) is 10.5. The number of Topliss-reactive ketones (excluding diaryl/α,β-unsaturated/α-hetero) is 1. The molecule has 1 saturated heterocycles. The van der Waals surface area contributed by atoms with E-state index in [1.165, 1.54) is 18.2 Å². The van der Waals surface area contributed by atoms with Crippen molar-refractivity contribution >= 4 is 34.7 Å². The van der Waals surface area contributed by atoms with Crippen LogP contribution >= 0.6 is 11.6 Å². The molecule has 1 aliphatic rings. The predicted octanol–water partition coefficient (Wildman–Crippen LogP) is 6.65. The second-order valence-electron chi connectivity index (χ2n) is 9.87. The van der Waals surface area contributed by atoms with Gasteiger partial charge >= 0.3 is 0 Å². The highest BCUT2D eigenvalue weighted by Crippen LogP contribution is 2.44. The molecule has 0 bridgehead atoms. The summed E-state index contributed by atoms with van der Waals surface area (Å²) < 4.78 is 33.6. The topological polar surface area (TPSA) is 87.1 Å². The number of ether oxygens (including phenoxy) is 1. The minimum Gasteiger partial charge on any atom is -0.507 e. The van der Waals surface area contributed by atoms with Gasteiger partial charge in [-0.2, -0.15) is 0 Å². The van der Waals surface area contributed by atoms with Gasteiger partial charge in [0.1, 0.15) is 17.3 Å². The Labute approximate surface area is 223 Å². The van der Waals surface area contributed by atoms with Crippen molar-refractivity contribution in [1.82, 2.24) is 0 Å². The summed E-state index contributed by atoms with van der Waals surface area (Å²) in [7, 11) is 0. The van der Waals surface area contributed by atoms with Crippen LogP contribution in [0.2, 0.25) is 5.02 Å². The first-order chi connectivity index (χ1) is 17.8. The number of benzene rings is 3. The van der Waals surface area contributed by atoms with Gasteiger partial charge in [0.25, 0.3) is 11.7 Å². The Morgan fingerprint density at radius 2 is 1.74 bits per heavy atom. The number of rotatable bonds is 5. The number of carbonyl (C=O) groups is 2. The van der Waals surface area contributed by atoms with Gasteiger partial charge in [0.15, 0.2) is 11.6 Å². The highest BCUT2D eigenvalue weighted by Gasteiger charge is 2.47. The lowest BCUT2D eigenvalue weighted by molar-refractivity contribution is -0.132. The minimum atomic E-state index is -1.25. The van der Waals surface area contributed by atoms with Crippen LogP contribution in [0, 0.1) is 11.6 Å². The SMILES string of the molecule is CCOc1ccc(/C(O)=C2/C(=O)C(=O)N(c3ccc(F)c(F)c3)C2c2ccc(O)c(Cl)c2)cc1C(C)(C)C. The van der Waals surface area contributed by atoms with Gasteiger partial charge in [-0.3, -0.25) is 14.5 Å². The first kappa shape index (κ1) is 27.1. The molecular weight excluding hydrogens is 516 g/mol. The second-order valence-corrected chi connectivity index (χ2v) is 10.3. The average Bonchev–Trinajstić information content (AvgIpc) is 3.12. The molecule has 0 aliphatic carbocycles. The number of aliphatic hydroxyl groups is 1. The molecule has 1 fully saturated rings. The number of phenolic OH excluding ortho intramolecular Hbond substituents is 1. The lowest BCUT2D eigenvalue weighted by atomic mass is 9.84. The monoisotopic (exact) mass is 541 g/mol. The smallest absolute Gasteiger partial charge is 0.300 e. The number of carbonyl (C=O) groups excluding carboxylic acids is 2. The fraction of sp³-hybridized carbons (Fsp3) is 0.241. The van der Waals surface area contributed by atoms with Gasteiger partial charge in [-0.1, -0.05) is 38.4 Å². The van der Waals surface area contributed by atoms with Gasteiger partial charge in [0.2, 0.25) is 0 Å². The van der Waals surface area contributed by atoms with Crippen molar-refractivity contribution in [1.29, 1.82) is 0 Å². The van der Waals surface area contributed by atoms with Crippen molar-refractivity contribution in [2.24, 2.45) is 0 Å². The molecule has 6 nitrogen and oxygen atoms in total. The van der Waals surface area contributed by atoms with E-state index in [2.05, 4.69) is 0 Å². The van der Waals surface area contributed by atoms with E-state index in [0.29, 0.717) is 12.4 Å². The van der Waals surface area contributed by atoms with Gasteiger partial charge in [-0.25, -0.2) is 8.78 Å². The number of ketones is 1. The number of hydrogen-bond acceptors (Lipinski definition) is 5. The molecule has 3 aromatic carbocycles. The zero-order chi connectivity index (χ0) is 27.9. The molecule has 0 saturated carbocycles. The molecule has 38 heavy (non-hydrogen) atoms. The molecule has 1 unspecified atom stereocenters. The maximum atomic E-state index is 14.2. The van der Waals surface area contributed by atoms with Crippen molar-refractivity contribution in [3.05, 3.63) is 93.5 Å². The Balaban J connectivity index is 1.98. The lowest BCUT2D eigenvalue weighted by Gasteiger charge is -2.26.